The zero-order valence-corrected chi connectivity index (χ0v) is 11.5. The van der Waals surface area contributed by atoms with Crippen molar-refractivity contribution in [2.24, 2.45) is 0 Å². The zero-order chi connectivity index (χ0) is 13.1. The fourth-order valence-electron chi connectivity index (χ4n) is 2.54. The Morgan fingerprint density at radius 2 is 1.68 bits per heavy atom. The average Bonchev–Trinajstić information content (AvgIpc) is 2.47. The summed E-state index contributed by atoms with van der Waals surface area (Å²) in [5, 5.41) is 8.93. The van der Waals surface area contributed by atoms with Crippen LogP contribution < -0.4 is 0 Å². The molecule has 0 radical (unpaired) electrons. The second kappa shape index (κ2) is 5.50. The molecule has 0 N–H and O–H groups in total. The number of aryl methyl sites for hydroxylation is 2. The Morgan fingerprint density at radius 1 is 0.895 bits per heavy atom. The van der Waals surface area contributed by atoms with Crippen LogP contribution in [0.5, 0.6) is 0 Å². The third kappa shape index (κ3) is 2.83. The van der Waals surface area contributed by atoms with E-state index in [1.165, 1.54) is 41.7 Å². The summed E-state index contributed by atoms with van der Waals surface area (Å²) >= 11 is 1.74. The molecule has 0 aromatic heterocycles. The Balaban J connectivity index is 1.85. The molecule has 0 fully saturated rings. The summed E-state index contributed by atoms with van der Waals surface area (Å²) in [5.41, 5.74) is 3.75. The maximum atomic E-state index is 8.93. The Morgan fingerprint density at radius 3 is 2.53 bits per heavy atom. The van der Waals surface area contributed by atoms with Gasteiger partial charge in [0.25, 0.3) is 0 Å². The Hall–Kier alpha value is -1.72. The molecule has 3 rings (SSSR count). The van der Waals surface area contributed by atoms with Crippen LogP contribution in [0.1, 0.15) is 29.5 Å². The van der Waals surface area contributed by atoms with E-state index in [0.29, 0.717) is 0 Å². The number of rotatable bonds is 2. The van der Waals surface area contributed by atoms with E-state index in [2.05, 4.69) is 30.3 Å². The van der Waals surface area contributed by atoms with Gasteiger partial charge in [-0.3, -0.25) is 0 Å². The molecular formula is C17H15NS. The van der Waals surface area contributed by atoms with Gasteiger partial charge in [-0.15, -0.1) is 0 Å². The van der Waals surface area contributed by atoms with Gasteiger partial charge < -0.3 is 0 Å². The molecule has 1 nitrogen and oxygen atoms in total. The van der Waals surface area contributed by atoms with Gasteiger partial charge in [0.2, 0.25) is 0 Å². The van der Waals surface area contributed by atoms with Gasteiger partial charge in [-0.1, -0.05) is 23.9 Å². The van der Waals surface area contributed by atoms with Gasteiger partial charge in [-0.2, -0.15) is 5.26 Å². The third-order valence-electron chi connectivity index (χ3n) is 3.52. The molecule has 2 aromatic rings. The Kier molecular flexibility index (Phi) is 3.57. The molecule has 2 aromatic carbocycles. The highest BCUT2D eigenvalue weighted by Crippen LogP contribution is 2.31. The van der Waals surface area contributed by atoms with E-state index in [0.717, 1.165) is 10.5 Å². The minimum Gasteiger partial charge on any atom is -0.192 e. The van der Waals surface area contributed by atoms with E-state index in [9.17, 15) is 0 Å². The molecular weight excluding hydrogens is 250 g/mol. The average molecular weight is 265 g/mol. The maximum absolute atomic E-state index is 8.93. The molecule has 2 heteroatoms. The molecule has 0 saturated carbocycles. The Labute approximate surface area is 118 Å². The zero-order valence-electron chi connectivity index (χ0n) is 10.7. The minimum atomic E-state index is 0.725. The van der Waals surface area contributed by atoms with Gasteiger partial charge >= 0.3 is 0 Å². The van der Waals surface area contributed by atoms with Crippen molar-refractivity contribution in [3.63, 3.8) is 0 Å². The first-order chi connectivity index (χ1) is 9.35. The number of nitrogens with zero attached hydrogens (tertiary/aromatic N) is 1. The summed E-state index contributed by atoms with van der Waals surface area (Å²) in [6.45, 7) is 0. The lowest BCUT2D eigenvalue weighted by Crippen LogP contribution is -2.01. The number of hydrogen-bond donors (Lipinski definition) is 0. The molecule has 0 saturated heterocycles. The first kappa shape index (κ1) is 12.3. The number of hydrogen-bond acceptors (Lipinski definition) is 2. The summed E-state index contributed by atoms with van der Waals surface area (Å²) in [7, 11) is 0. The highest BCUT2D eigenvalue weighted by molar-refractivity contribution is 7.99. The van der Waals surface area contributed by atoms with Gasteiger partial charge in [0, 0.05) is 9.79 Å². The third-order valence-corrected chi connectivity index (χ3v) is 4.50. The second-order valence-electron chi connectivity index (χ2n) is 4.88. The monoisotopic (exact) mass is 265 g/mol. The van der Waals surface area contributed by atoms with E-state index in [4.69, 9.17) is 5.26 Å². The molecule has 0 atom stereocenters. The van der Waals surface area contributed by atoms with Crippen molar-refractivity contribution in [3.8, 4) is 6.07 Å². The van der Waals surface area contributed by atoms with Crippen LogP contribution in [0.2, 0.25) is 0 Å². The van der Waals surface area contributed by atoms with Gasteiger partial charge in [0.1, 0.15) is 0 Å². The number of fused-ring (bicyclic) bond motifs is 1. The van der Waals surface area contributed by atoms with Crippen molar-refractivity contribution in [3.05, 3.63) is 59.2 Å². The molecule has 94 valence electrons. The summed E-state index contributed by atoms with van der Waals surface area (Å²) in [5.74, 6) is 0. The van der Waals surface area contributed by atoms with E-state index >= 15 is 0 Å². The van der Waals surface area contributed by atoms with Gasteiger partial charge in [-0.25, -0.2) is 0 Å². The fraction of sp³-hybridized carbons (Fsp3) is 0.235. The molecule has 1 aliphatic carbocycles. The van der Waals surface area contributed by atoms with Crippen LogP contribution in [0.25, 0.3) is 0 Å². The molecule has 0 unspecified atom stereocenters. The second-order valence-corrected chi connectivity index (χ2v) is 6.03. The van der Waals surface area contributed by atoms with E-state index in [1.807, 2.05) is 18.2 Å². The molecule has 1 aliphatic rings. The van der Waals surface area contributed by atoms with Crippen molar-refractivity contribution in [1.82, 2.24) is 0 Å². The topological polar surface area (TPSA) is 23.8 Å². The molecule has 0 bridgehead atoms. The van der Waals surface area contributed by atoms with Gasteiger partial charge in [0.15, 0.2) is 0 Å². The van der Waals surface area contributed by atoms with Crippen LogP contribution in [-0.4, -0.2) is 0 Å². The Bertz CT molecular complexity index is 640. The molecule has 0 aliphatic heterocycles. The molecule has 0 amide bonds. The van der Waals surface area contributed by atoms with Crippen LogP contribution in [0.15, 0.2) is 52.3 Å². The maximum Gasteiger partial charge on any atom is 0.0992 e. The van der Waals surface area contributed by atoms with Crippen LogP contribution in [-0.2, 0) is 12.8 Å². The van der Waals surface area contributed by atoms with Crippen LogP contribution in [0.4, 0.5) is 0 Å². The lowest BCUT2D eigenvalue weighted by molar-refractivity contribution is 0.683. The SMILES string of the molecule is N#Cc1cccc(Sc2ccc3c(c2)CCCC3)c1. The quantitative estimate of drug-likeness (QED) is 0.793. The first-order valence-electron chi connectivity index (χ1n) is 6.65. The van der Waals surface area contributed by atoms with Crippen molar-refractivity contribution in [1.29, 1.82) is 5.26 Å². The minimum absolute atomic E-state index is 0.725. The number of benzene rings is 2. The van der Waals surface area contributed by atoms with Crippen molar-refractivity contribution < 1.29 is 0 Å². The van der Waals surface area contributed by atoms with Gasteiger partial charge in [0.05, 0.1) is 11.6 Å². The van der Waals surface area contributed by atoms with Crippen LogP contribution in [0.3, 0.4) is 0 Å². The summed E-state index contributed by atoms with van der Waals surface area (Å²) in [6, 6.07) is 16.8. The lowest BCUT2D eigenvalue weighted by atomic mass is 9.92. The van der Waals surface area contributed by atoms with Gasteiger partial charge in [-0.05, 0) is 67.1 Å². The highest BCUT2D eigenvalue weighted by Gasteiger charge is 2.10. The normalized spacial score (nSPS) is 13.6. The van der Waals surface area contributed by atoms with Crippen LogP contribution in [0, 0.1) is 11.3 Å². The summed E-state index contributed by atoms with van der Waals surface area (Å²) in [4.78, 5) is 2.41. The largest absolute Gasteiger partial charge is 0.192 e. The predicted octanol–water partition coefficient (Wildman–Crippen LogP) is 4.59. The van der Waals surface area contributed by atoms with Crippen molar-refractivity contribution >= 4 is 11.8 Å². The summed E-state index contributed by atoms with van der Waals surface area (Å²) < 4.78 is 0. The van der Waals surface area contributed by atoms with E-state index in [1.54, 1.807) is 11.8 Å². The molecule has 0 heterocycles. The number of nitriles is 1. The standard InChI is InChI=1S/C17H15NS/c18-12-13-4-3-7-16(10-13)19-17-9-8-14-5-1-2-6-15(14)11-17/h3-4,7-11H,1-2,5-6H2. The fourth-order valence-corrected chi connectivity index (χ4v) is 3.48. The van der Waals surface area contributed by atoms with E-state index < -0.39 is 0 Å². The lowest BCUT2D eigenvalue weighted by Gasteiger charge is -2.16. The smallest absolute Gasteiger partial charge is 0.0992 e. The molecule has 0 spiro atoms. The van der Waals surface area contributed by atoms with E-state index in [-0.39, 0.29) is 0 Å². The first-order valence-corrected chi connectivity index (χ1v) is 7.46. The molecule has 19 heavy (non-hydrogen) atoms. The summed E-state index contributed by atoms with van der Waals surface area (Å²) in [6.07, 6.45) is 5.07. The highest BCUT2D eigenvalue weighted by atomic mass is 32.2. The van der Waals surface area contributed by atoms with Crippen LogP contribution >= 0.6 is 11.8 Å². The van der Waals surface area contributed by atoms with Crippen molar-refractivity contribution in [2.75, 3.05) is 0 Å². The van der Waals surface area contributed by atoms with Crippen molar-refractivity contribution in [2.45, 2.75) is 35.5 Å². The predicted molar refractivity (Wildman–Crippen MR) is 78.4 cm³/mol.